The molecule has 0 spiro atoms. The molecule has 6 heteroatoms. The normalized spacial score (nSPS) is 38.6. The lowest BCUT2D eigenvalue weighted by Crippen LogP contribution is -2.48. The minimum atomic E-state index is -2.58. The smallest absolute Gasteiger partial charge is 0.123 e. The van der Waals surface area contributed by atoms with Crippen LogP contribution in [0.3, 0.4) is 0 Å². The molecule has 1 aromatic carbocycles. The van der Waals surface area contributed by atoms with Gasteiger partial charge in [0, 0.05) is 11.5 Å². The summed E-state index contributed by atoms with van der Waals surface area (Å²) in [6.07, 6.45) is 1.30. The summed E-state index contributed by atoms with van der Waals surface area (Å²) in [4.78, 5) is 6.32. The van der Waals surface area contributed by atoms with Gasteiger partial charge in [0.2, 0.25) is 0 Å². The second-order valence-corrected chi connectivity index (χ2v) is 13.5. The van der Waals surface area contributed by atoms with E-state index in [2.05, 4.69) is 41.5 Å². The summed E-state index contributed by atoms with van der Waals surface area (Å²) in [7, 11) is -2.58. The third kappa shape index (κ3) is 3.73. The molecule has 4 rings (SSSR count). The molecule has 3 aliphatic heterocycles. The molecule has 0 unspecified atom stereocenters. The van der Waals surface area contributed by atoms with Crippen molar-refractivity contribution in [1.82, 2.24) is 5.06 Å². The maximum atomic E-state index is 14.3. The summed E-state index contributed by atoms with van der Waals surface area (Å²) in [5.74, 6) is 0. The SMILES string of the molecule is CC(C)(C)O[C@H]1[C@H]2[C@H]3[C@H](CC[P@]3(=O)c3ccccc3)ON2C[C@@H]1OC(C)(C)C. The van der Waals surface area contributed by atoms with Crippen LogP contribution in [0.1, 0.15) is 48.0 Å². The fourth-order valence-corrected chi connectivity index (χ4v) is 8.79. The van der Waals surface area contributed by atoms with Gasteiger partial charge in [-0.2, -0.15) is 5.06 Å². The molecule has 0 radical (unpaired) electrons. The maximum Gasteiger partial charge on any atom is 0.123 e. The molecule has 0 N–H and O–H groups in total. The molecule has 3 heterocycles. The van der Waals surface area contributed by atoms with Gasteiger partial charge in [0.05, 0.1) is 35.6 Å². The van der Waals surface area contributed by atoms with E-state index >= 15 is 0 Å². The van der Waals surface area contributed by atoms with Crippen molar-refractivity contribution in [1.29, 1.82) is 0 Å². The van der Waals surface area contributed by atoms with Crippen LogP contribution in [-0.4, -0.2) is 59.0 Å². The molecular weight excluding hydrogens is 373 g/mol. The average molecular weight is 407 g/mol. The lowest BCUT2D eigenvalue weighted by Gasteiger charge is -2.36. The molecule has 3 saturated heterocycles. The largest absolute Gasteiger partial charge is 0.368 e. The van der Waals surface area contributed by atoms with Crippen molar-refractivity contribution in [2.75, 3.05) is 12.7 Å². The second kappa shape index (κ2) is 6.92. The van der Waals surface area contributed by atoms with Gasteiger partial charge in [0.15, 0.2) is 0 Å². The van der Waals surface area contributed by atoms with E-state index in [1.807, 2.05) is 35.4 Å². The molecule has 0 bridgehead atoms. The van der Waals surface area contributed by atoms with Crippen molar-refractivity contribution in [3.63, 3.8) is 0 Å². The molecule has 1 aromatic rings. The van der Waals surface area contributed by atoms with Crippen molar-refractivity contribution in [3.8, 4) is 0 Å². The fraction of sp³-hybridized carbons (Fsp3) is 0.727. The van der Waals surface area contributed by atoms with Gasteiger partial charge in [-0.15, -0.1) is 0 Å². The van der Waals surface area contributed by atoms with Crippen LogP contribution in [0.2, 0.25) is 0 Å². The van der Waals surface area contributed by atoms with E-state index < -0.39 is 7.14 Å². The summed E-state index contributed by atoms with van der Waals surface area (Å²) in [6, 6.07) is 9.95. The van der Waals surface area contributed by atoms with E-state index in [0.29, 0.717) is 12.7 Å². The van der Waals surface area contributed by atoms with E-state index in [1.54, 1.807) is 0 Å². The molecule has 156 valence electrons. The van der Waals surface area contributed by atoms with Gasteiger partial charge < -0.3 is 14.0 Å². The summed E-state index contributed by atoms with van der Waals surface area (Å²) < 4.78 is 27.2. The van der Waals surface area contributed by atoms with Crippen LogP contribution in [-0.2, 0) is 18.9 Å². The number of hydroxylamine groups is 2. The van der Waals surface area contributed by atoms with Crippen LogP contribution in [0.25, 0.3) is 0 Å². The molecule has 6 atom stereocenters. The van der Waals surface area contributed by atoms with Crippen molar-refractivity contribution in [2.24, 2.45) is 0 Å². The van der Waals surface area contributed by atoms with E-state index in [-0.39, 0.29) is 41.2 Å². The lowest BCUT2D eigenvalue weighted by molar-refractivity contribution is -0.160. The van der Waals surface area contributed by atoms with Crippen LogP contribution >= 0.6 is 7.14 Å². The first-order valence-electron chi connectivity index (χ1n) is 10.4. The van der Waals surface area contributed by atoms with Crippen molar-refractivity contribution in [3.05, 3.63) is 30.3 Å². The number of rotatable bonds is 3. The molecular formula is C22H34NO4P. The zero-order chi connectivity index (χ0) is 20.3. The molecule has 3 aliphatic rings. The van der Waals surface area contributed by atoms with Crippen LogP contribution in [0.15, 0.2) is 30.3 Å². The number of nitrogens with zero attached hydrogens (tertiary/aromatic N) is 1. The first-order chi connectivity index (χ1) is 13.0. The fourth-order valence-electron chi connectivity index (χ4n) is 5.02. The molecule has 5 nitrogen and oxygen atoms in total. The summed E-state index contributed by atoms with van der Waals surface area (Å²) in [5, 5.41) is 3.00. The Hall–Kier alpha value is -0.710. The van der Waals surface area contributed by atoms with Gasteiger partial charge in [-0.05, 0) is 48.0 Å². The molecule has 0 aromatic heterocycles. The monoisotopic (exact) mass is 407 g/mol. The predicted octanol–water partition coefficient (Wildman–Crippen LogP) is 3.81. The Morgan fingerprint density at radius 3 is 2.29 bits per heavy atom. The van der Waals surface area contributed by atoms with Gasteiger partial charge in [-0.1, -0.05) is 30.3 Å². The van der Waals surface area contributed by atoms with Gasteiger partial charge in [-0.25, -0.2) is 0 Å². The highest BCUT2D eigenvalue weighted by atomic mass is 31.2. The summed E-state index contributed by atoms with van der Waals surface area (Å²) in [5.41, 5.74) is -0.619. The van der Waals surface area contributed by atoms with Gasteiger partial charge in [0.1, 0.15) is 19.3 Å². The van der Waals surface area contributed by atoms with Crippen molar-refractivity contribution in [2.45, 2.75) is 89.2 Å². The number of benzene rings is 1. The van der Waals surface area contributed by atoms with E-state index in [9.17, 15) is 4.57 Å². The Morgan fingerprint density at radius 2 is 1.68 bits per heavy atom. The van der Waals surface area contributed by atoms with Crippen LogP contribution in [0.5, 0.6) is 0 Å². The van der Waals surface area contributed by atoms with Crippen LogP contribution in [0.4, 0.5) is 0 Å². The van der Waals surface area contributed by atoms with E-state index in [0.717, 1.165) is 11.7 Å². The minimum absolute atomic E-state index is 0.0118. The average Bonchev–Trinajstić information content (AvgIpc) is 3.18. The molecule has 0 saturated carbocycles. The van der Waals surface area contributed by atoms with Crippen LogP contribution < -0.4 is 5.30 Å². The minimum Gasteiger partial charge on any atom is -0.368 e. The Kier molecular flexibility index (Phi) is 5.08. The highest BCUT2D eigenvalue weighted by Crippen LogP contribution is 2.63. The van der Waals surface area contributed by atoms with Gasteiger partial charge in [-0.3, -0.25) is 4.84 Å². The second-order valence-electron chi connectivity index (χ2n) is 10.3. The lowest BCUT2D eigenvalue weighted by atomic mass is 10.0. The number of hydrogen-bond donors (Lipinski definition) is 0. The Morgan fingerprint density at radius 1 is 1.04 bits per heavy atom. The van der Waals surface area contributed by atoms with E-state index in [1.165, 1.54) is 0 Å². The third-order valence-corrected chi connectivity index (χ3v) is 9.51. The first-order valence-corrected chi connectivity index (χ1v) is 12.4. The summed E-state index contributed by atoms with van der Waals surface area (Å²) in [6.45, 7) is 13.1. The Labute approximate surface area is 169 Å². The van der Waals surface area contributed by atoms with Crippen LogP contribution in [0, 0.1) is 0 Å². The summed E-state index contributed by atoms with van der Waals surface area (Å²) >= 11 is 0. The predicted molar refractivity (Wildman–Crippen MR) is 112 cm³/mol. The zero-order valence-corrected chi connectivity index (χ0v) is 18.8. The molecule has 0 aliphatic carbocycles. The van der Waals surface area contributed by atoms with E-state index in [4.69, 9.17) is 14.3 Å². The molecule has 28 heavy (non-hydrogen) atoms. The Balaban J connectivity index is 1.69. The number of hydrogen-bond acceptors (Lipinski definition) is 5. The topological polar surface area (TPSA) is 48.0 Å². The zero-order valence-electron chi connectivity index (χ0n) is 17.9. The molecule has 3 fully saturated rings. The highest BCUT2D eigenvalue weighted by Gasteiger charge is 2.64. The first kappa shape index (κ1) is 20.6. The third-order valence-electron chi connectivity index (χ3n) is 5.81. The van der Waals surface area contributed by atoms with Gasteiger partial charge in [0.25, 0.3) is 0 Å². The maximum absolute atomic E-state index is 14.3. The highest BCUT2D eigenvalue weighted by molar-refractivity contribution is 7.72. The van der Waals surface area contributed by atoms with Crippen molar-refractivity contribution < 1.29 is 18.9 Å². The number of fused-ring (bicyclic) bond motifs is 3. The molecule has 0 amide bonds. The van der Waals surface area contributed by atoms with Crippen molar-refractivity contribution >= 4 is 12.4 Å². The Bertz CT molecular complexity index is 754. The number of ether oxygens (including phenoxy) is 2. The standard InChI is InChI=1S/C22H34NO4P/c1-21(2,3)25-17-14-23-18(19(17)26-22(4,5)6)20-16(27-23)12-13-28(20,24)15-10-8-7-9-11-15/h7-11,16-20H,12-14H2,1-6H3/t16-,17-,18-,19+,20+,28-/m0/s1. The quantitative estimate of drug-likeness (QED) is 0.713. The van der Waals surface area contributed by atoms with Gasteiger partial charge >= 0.3 is 0 Å².